The number of guanidine groups is 1. The standard InChI is InChI=1S/C21H22N6O4S/c1-12-4-2-3-5-14(12)10-16(19(29)30)25-17(28)11-32-21-27-26-18(31-21)13-6-8-15(9-7-13)24-20(22)23/h2-9,16H,10-11H2,1H3,(H,25,28)(H,29,30)(H4,22,23,24). The van der Waals surface area contributed by atoms with Gasteiger partial charge in [-0.2, -0.15) is 0 Å². The summed E-state index contributed by atoms with van der Waals surface area (Å²) in [5.74, 6) is -1.39. The summed E-state index contributed by atoms with van der Waals surface area (Å²) < 4.78 is 5.56. The maximum Gasteiger partial charge on any atom is 0.326 e. The fourth-order valence-electron chi connectivity index (χ4n) is 2.83. The van der Waals surface area contributed by atoms with Crippen LogP contribution in [0.4, 0.5) is 5.69 Å². The van der Waals surface area contributed by atoms with Gasteiger partial charge < -0.3 is 26.3 Å². The smallest absolute Gasteiger partial charge is 0.326 e. The van der Waals surface area contributed by atoms with E-state index < -0.39 is 17.9 Å². The molecule has 0 radical (unpaired) electrons. The molecular weight excluding hydrogens is 432 g/mol. The number of thioether (sulfide) groups is 1. The Morgan fingerprint density at radius 1 is 1.16 bits per heavy atom. The molecule has 0 aliphatic carbocycles. The summed E-state index contributed by atoms with van der Waals surface area (Å²) in [6, 6.07) is 13.2. The van der Waals surface area contributed by atoms with E-state index in [-0.39, 0.29) is 29.2 Å². The minimum Gasteiger partial charge on any atom is -0.480 e. The van der Waals surface area contributed by atoms with E-state index in [2.05, 4.69) is 20.5 Å². The lowest BCUT2D eigenvalue weighted by Gasteiger charge is -2.15. The van der Waals surface area contributed by atoms with Gasteiger partial charge in [-0.15, -0.1) is 10.2 Å². The van der Waals surface area contributed by atoms with Crippen LogP contribution in [0.5, 0.6) is 0 Å². The van der Waals surface area contributed by atoms with Crippen molar-refractivity contribution in [1.82, 2.24) is 15.5 Å². The fraction of sp³-hybridized carbons (Fsp3) is 0.190. The Morgan fingerprint density at radius 3 is 2.53 bits per heavy atom. The van der Waals surface area contributed by atoms with Crippen LogP contribution in [0.2, 0.25) is 0 Å². The summed E-state index contributed by atoms with van der Waals surface area (Å²) in [4.78, 5) is 27.8. The van der Waals surface area contributed by atoms with Crippen molar-refractivity contribution in [3.8, 4) is 11.5 Å². The zero-order chi connectivity index (χ0) is 23.1. The van der Waals surface area contributed by atoms with E-state index in [0.29, 0.717) is 11.3 Å². The van der Waals surface area contributed by atoms with Crippen LogP contribution < -0.4 is 16.8 Å². The van der Waals surface area contributed by atoms with Crippen LogP contribution in [-0.4, -0.2) is 44.9 Å². The minimum absolute atomic E-state index is 0.0449. The number of aromatic nitrogens is 2. The summed E-state index contributed by atoms with van der Waals surface area (Å²) in [7, 11) is 0. The molecule has 6 N–H and O–H groups in total. The quantitative estimate of drug-likeness (QED) is 0.214. The topological polar surface area (TPSA) is 170 Å². The monoisotopic (exact) mass is 454 g/mol. The van der Waals surface area contributed by atoms with Crippen molar-refractivity contribution < 1.29 is 19.1 Å². The molecule has 1 amide bonds. The first-order valence-corrected chi connectivity index (χ1v) is 10.5. The van der Waals surface area contributed by atoms with E-state index in [1.165, 1.54) is 0 Å². The van der Waals surface area contributed by atoms with E-state index >= 15 is 0 Å². The van der Waals surface area contributed by atoms with Crippen molar-refractivity contribution in [3.63, 3.8) is 0 Å². The van der Waals surface area contributed by atoms with Gasteiger partial charge in [0.1, 0.15) is 6.04 Å². The first kappa shape index (κ1) is 22.8. The molecule has 0 aliphatic rings. The van der Waals surface area contributed by atoms with Crippen LogP contribution in [0.15, 0.2) is 63.2 Å². The number of carbonyl (C=O) groups is 2. The summed E-state index contributed by atoms with van der Waals surface area (Å²) in [6.07, 6.45) is 0.193. The molecule has 0 spiro atoms. The van der Waals surface area contributed by atoms with Crippen LogP contribution >= 0.6 is 11.8 Å². The molecule has 0 saturated carbocycles. The molecule has 166 valence electrons. The van der Waals surface area contributed by atoms with Crippen LogP contribution in [0.3, 0.4) is 0 Å². The molecule has 3 aromatic rings. The number of rotatable bonds is 9. The molecule has 0 saturated heterocycles. The number of aryl methyl sites for hydroxylation is 1. The number of hydrogen-bond acceptors (Lipinski definition) is 7. The lowest BCUT2D eigenvalue weighted by molar-refractivity contribution is -0.141. The number of carboxylic acids is 1. The Balaban J connectivity index is 1.56. The second-order valence-corrected chi connectivity index (χ2v) is 7.76. The number of aliphatic imine (C=N–C) groups is 1. The number of carbonyl (C=O) groups excluding carboxylic acids is 1. The second kappa shape index (κ2) is 10.4. The van der Waals surface area contributed by atoms with Gasteiger partial charge in [0.05, 0.1) is 11.4 Å². The van der Waals surface area contributed by atoms with Gasteiger partial charge in [0.15, 0.2) is 5.96 Å². The van der Waals surface area contributed by atoms with Crippen LogP contribution in [0.25, 0.3) is 11.5 Å². The van der Waals surface area contributed by atoms with Crippen molar-refractivity contribution in [1.29, 1.82) is 0 Å². The van der Waals surface area contributed by atoms with E-state index in [1.807, 2.05) is 31.2 Å². The minimum atomic E-state index is -1.10. The average molecular weight is 455 g/mol. The molecule has 1 unspecified atom stereocenters. The van der Waals surface area contributed by atoms with Gasteiger partial charge in [-0.3, -0.25) is 4.79 Å². The number of amides is 1. The second-order valence-electron chi connectivity index (χ2n) is 6.83. The SMILES string of the molecule is Cc1ccccc1CC(NC(=O)CSc1nnc(-c2ccc(N=C(N)N)cc2)o1)C(=O)O. The Kier molecular flexibility index (Phi) is 7.45. The maximum atomic E-state index is 12.3. The van der Waals surface area contributed by atoms with Gasteiger partial charge in [0.2, 0.25) is 11.8 Å². The maximum absolute atomic E-state index is 12.3. The van der Waals surface area contributed by atoms with Gasteiger partial charge in [-0.05, 0) is 42.3 Å². The number of nitrogens with two attached hydrogens (primary N) is 2. The highest BCUT2D eigenvalue weighted by molar-refractivity contribution is 7.99. The van der Waals surface area contributed by atoms with Gasteiger partial charge in [0, 0.05) is 12.0 Å². The van der Waals surface area contributed by atoms with E-state index in [4.69, 9.17) is 15.9 Å². The molecule has 3 rings (SSSR count). The number of hydrogen-bond donors (Lipinski definition) is 4. The third kappa shape index (κ3) is 6.32. The van der Waals surface area contributed by atoms with Crippen molar-refractivity contribution in [2.75, 3.05) is 5.75 Å². The van der Waals surface area contributed by atoms with E-state index in [9.17, 15) is 14.7 Å². The number of benzene rings is 2. The molecule has 0 fully saturated rings. The molecule has 11 heteroatoms. The number of nitrogens with zero attached hydrogens (tertiary/aromatic N) is 3. The van der Waals surface area contributed by atoms with Crippen molar-refractivity contribution in [3.05, 3.63) is 59.7 Å². The highest BCUT2D eigenvalue weighted by Crippen LogP contribution is 2.25. The molecule has 1 atom stereocenters. The number of carboxylic acid groups (broad SMARTS) is 1. The highest BCUT2D eigenvalue weighted by Gasteiger charge is 2.21. The Hall–Kier alpha value is -3.86. The Labute approximate surface area is 188 Å². The van der Waals surface area contributed by atoms with Gasteiger partial charge in [0.25, 0.3) is 5.22 Å². The summed E-state index contributed by atoms with van der Waals surface area (Å²) in [6.45, 7) is 1.90. The van der Waals surface area contributed by atoms with E-state index in [0.717, 1.165) is 22.9 Å². The van der Waals surface area contributed by atoms with Crippen molar-refractivity contribution >= 4 is 35.3 Å². The predicted molar refractivity (Wildman–Crippen MR) is 120 cm³/mol. The normalized spacial score (nSPS) is 11.5. The van der Waals surface area contributed by atoms with Crippen LogP contribution in [-0.2, 0) is 16.0 Å². The molecule has 0 aliphatic heterocycles. The predicted octanol–water partition coefficient (Wildman–Crippen LogP) is 1.85. The number of nitrogens with one attached hydrogen (secondary N) is 1. The highest BCUT2D eigenvalue weighted by atomic mass is 32.2. The van der Waals surface area contributed by atoms with Gasteiger partial charge in [-0.25, -0.2) is 9.79 Å². The summed E-state index contributed by atoms with van der Waals surface area (Å²) in [5.41, 5.74) is 13.8. The van der Waals surface area contributed by atoms with Crippen LogP contribution in [0, 0.1) is 6.92 Å². The first-order valence-electron chi connectivity index (χ1n) is 9.55. The molecule has 1 aromatic heterocycles. The van der Waals surface area contributed by atoms with Gasteiger partial charge in [-0.1, -0.05) is 36.0 Å². The number of aliphatic carboxylic acids is 1. The molecule has 0 bridgehead atoms. The lowest BCUT2D eigenvalue weighted by atomic mass is 10.0. The van der Waals surface area contributed by atoms with E-state index in [1.54, 1.807) is 24.3 Å². The molecule has 10 nitrogen and oxygen atoms in total. The Bertz CT molecular complexity index is 1130. The zero-order valence-electron chi connectivity index (χ0n) is 17.2. The molecular formula is C21H22N6O4S. The van der Waals surface area contributed by atoms with Gasteiger partial charge >= 0.3 is 5.97 Å². The third-order valence-corrected chi connectivity index (χ3v) is 5.24. The third-order valence-electron chi connectivity index (χ3n) is 4.42. The summed E-state index contributed by atoms with van der Waals surface area (Å²) >= 11 is 1.02. The van der Waals surface area contributed by atoms with Crippen molar-refractivity contribution in [2.45, 2.75) is 24.6 Å². The zero-order valence-corrected chi connectivity index (χ0v) is 18.0. The fourth-order valence-corrected chi connectivity index (χ4v) is 3.41. The molecule has 1 heterocycles. The average Bonchev–Trinajstić information content (AvgIpc) is 3.22. The molecule has 2 aromatic carbocycles. The molecule has 32 heavy (non-hydrogen) atoms. The largest absolute Gasteiger partial charge is 0.480 e. The Morgan fingerprint density at radius 2 is 1.88 bits per heavy atom. The van der Waals surface area contributed by atoms with Crippen LogP contribution in [0.1, 0.15) is 11.1 Å². The summed E-state index contributed by atoms with van der Waals surface area (Å²) in [5, 5.41) is 20.1. The first-order chi connectivity index (χ1) is 15.3. The lowest BCUT2D eigenvalue weighted by Crippen LogP contribution is -2.43. The van der Waals surface area contributed by atoms with Crippen molar-refractivity contribution in [2.24, 2.45) is 16.5 Å².